The van der Waals surface area contributed by atoms with Crippen LogP contribution in [-0.4, -0.2) is 4.98 Å². The molecule has 0 aliphatic heterocycles. The van der Waals surface area contributed by atoms with Gasteiger partial charge in [0.15, 0.2) is 5.43 Å². The summed E-state index contributed by atoms with van der Waals surface area (Å²) < 4.78 is 0. The molecule has 24 heavy (non-hydrogen) atoms. The van der Waals surface area contributed by atoms with Crippen molar-refractivity contribution in [1.82, 2.24) is 4.98 Å². The first-order chi connectivity index (χ1) is 11.8. The maximum absolute atomic E-state index is 12.9. The number of nitrogens with one attached hydrogen (secondary N) is 1. The van der Waals surface area contributed by atoms with E-state index in [0.717, 1.165) is 16.6 Å². The van der Waals surface area contributed by atoms with E-state index in [1.165, 1.54) is 0 Å². The zero-order valence-electron chi connectivity index (χ0n) is 12.6. The molecule has 0 aliphatic carbocycles. The molecule has 1 heterocycles. The van der Waals surface area contributed by atoms with Crippen LogP contribution < -0.4 is 5.43 Å². The van der Waals surface area contributed by atoms with Crippen LogP contribution in [0.2, 0.25) is 0 Å². The number of benzene rings is 3. The van der Waals surface area contributed by atoms with Gasteiger partial charge in [0.1, 0.15) is 0 Å². The Hall–Kier alpha value is -3.56. The van der Waals surface area contributed by atoms with Gasteiger partial charge >= 0.3 is 0 Å². The number of H-pyrrole nitrogens is 1. The number of pyridine rings is 1. The molecule has 0 radical (unpaired) electrons. The number of fused-ring (bicyclic) bond motifs is 2. The second-order valence-corrected chi connectivity index (χ2v) is 5.44. The van der Waals surface area contributed by atoms with Crippen molar-refractivity contribution in [3.63, 3.8) is 0 Å². The number of hydrogen-bond acceptors (Lipinski definition) is 2. The predicted molar refractivity (Wildman–Crippen MR) is 96.3 cm³/mol. The number of nitrogens with zero attached hydrogens (tertiary/aromatic N) is 3. The summed E-state index contributed by atoms with van der Waals surface area (Å²) in [6.07, 6.45) is 0. The Morgan fingerprint density at radius 3 is 2.29 bits per heavy atom. The van der Waals surface area contributed by atoms with Gasteiger partial charge in [-0.2, -0.15) is 0 Å². The summed E-state index contributed by atoms with van der Waals surface area (Å²) >= 11 is 0. The first-order valence-corrected chi connectivity index (χ1v) is 7.48. The third kappa shape index (κ3) is 2.12. The highest BCUT2D eigenvalue weighted by atomic mass is 16.1. The van der Waals surface area contributed by atoms with Gasteiger partial charge in [0.25, 0.3) is 0 Å². The number of para-hydroxylation sites is 2. The average molecular weight is 312 g/mol. The molecular weight excluding hydrogens is 300 g/mol. The van der Waals surface area contributed by atoms with Gasteiger partial charge in [-0.25, -0.2) is 0 Å². The Kier molecular flexibility index (Phi) is 3.26. The molecule has 0 saturated heterocycles. The highest BCUT2D eigenvalue weighted by Crippen LogP contribution is 2.30. The highest BCUT2D eigenvalue weighted by molar-refractivity contribution is 6.02. The third-order valence-electron chi connectivity index (χ3n) is 4.08. The van der Waals surface area contributed by atoms with Crippen molar-refractivity contribution >= 4 is 27.5 Å². The van der Waals surface area contributed by atoms with E-state index in [9.17, 15) is 4.79 Å². The van der Waals surface area contributed by atoms with Gasteiger partial charge in [0.2, 0.25) is 0 Å². The van der Waals surface area contributed by atoms with Crippen molar-refractivity contribution in [2.75, 3.05) is 0 Å². The number of hydrogen-bond donors (Lipinski definition) is 1. The monoisotopic (exact) mass is 312 g/mol. The average Bonchev–Trinajstić information content (AvgIpc) is 2.63. The van der Waals surface area contributed by atoms with Crippen LogP contribution in [0, 0.1) is 0 Å². The summed E-state index contributed by atoms with van der Waals surface area (Å²) in [4.78, 5) is 19.0. The van der Waals surface area contributed by atoms with Crippen LogP contribution in [0.25, 0.3) is 43.4 Å². The molecule has 0 spiro atoms. The van der Waals surface area contributed by atoms with Crippen molar-refractivity contribution in [3.05, 3.63) is 87.4 Å². The third-order valence-corrected chi connectivity index (χ3v) is 4.08. The van der Waals surface area contributed by atoms with E-state index in [0.29, 0.717) is 22.0 Å². The quantitative estimate of drug-likeness (QED) is 0.232. The Morgan fingerprint density at radius 1 is 0.833 bits per heavy atom. The van der Waals surface area contributed by atoms with E-state index in [1.807, 2.05) is 42.5 Å². The van der Waals surface area contributed by atoms with Crippen LogP contribution >= 0.6 is 0 Å². The molecule has 5 nitrogen and oxygen atoms in total. The molecule has 4 rings (SSSR count). The molecular formula is C19H12N4O. The first-order valence-electron chi connectivity index (χ1n) is 7.48. The Bertz CT molecular complexity index is 1170. The fourth-order valence-electron chi connectivity index (χ4n) is 3.00. The lowest BCUT2D eigenvalue weighted by atomic mass is 10.0. The highest BCUT2D eigenvalue weighted by Gasteiger charge is 2.11. The molecule has 3 aromatic carbocycles. The lowest BCUT2D eigenvalue weighted by Gasteiger charge is -2.09. The largest absolute Gasteiger partial charge is 0.353 e. The van der Waals surface area contributed by atoms with Gasteiger partial charge in [0.05, 0.1) is 16.7 Å². The molecule has 0 atom stereocenters. The Balaban J connectivity index is 2.19. The first kappa shape index (κ1) is 14.1. The van der Waals surface area contributed by atoms with Crippen LogP contribution in [0.1, 0.15) is 0 Å². The summed E-state index contributed by atoms with van der Waals surface area (Å²) in [5.41, 5.74) is 12.3. The normalized spacial score (nSPS) is 10.7. The summed E-state index contributed by atoms with van der Waals surface area (Å²) in [6, 6.07) is 20.7. The van der Waals surface area contributed by atoms with Crippen molar-refractivity contribution in [2.45, 2.75) is 0 Å². The second kappa shape index (κ2) is 5.57. The van der Waals surface area contributed by atoms with Gasteiger partial charge < -0.3 is 4.98 Å². The molecule has 5 heteroatoms. The van der Waals surface area contributed by atoms with E-state index in [4.69, 9.17) is 5.53 Å². The van der Waals surface area contributed by atoms with E-state index in [1.54, 1.807) is 24.3 Å². The van der Waals surface area contributed by atoms with Crippen LogP contribution in [0.4, 0.5) is 5.69 Å². The molecule has 0 fully saturated rings. The lowest BCUT2D eigenvalue weighted by Crippen LogP contribution is -2.04. The van der Waals surface area contributed by atoms with Gasteiger partial charge in [-0.3, -0.25) is 4.79 Å². The van der Waals surface area contributed by atoms with Crippen LogP contribution in [0.15, 0.2) is 76.6 Å². The minimum absolute atomic E-state index is 0.0773. The van der Waals surface area contributed by atoms with Crippen molar-refractivity contribution in [1.29, 1.82) is 0 Å². The topological polar surface area (TPSA) is 81.6 Å². The molecule has 1 N–H and O–H groups in total. The van der Waals surface area contributed by atoms with Crippen molar-refractivity contribution < 1.29 is 0 Å². The minimum atomic E-state index is -0.0773. The molecule has 0 amide bonds. The fraction of sp³-hybridized carbons (Fsp3) is 0. The maximum atomic E-state index is 12.9. The van der Waals surface area contributed by atoms with Crippen LogP contribution in [-0.2, 0) is 0 Å². The molecule has 114 valence electrons. The Morgan fingerprint density at radius 2 is 1.54 bits per heavy atom. The van der Waals surface area contributed by atoms with E-state index >= 15 is 0 Å². The summed E-state index contributed by atoms with van der Waals surface area (Å²) in [6.45, 7) is 0. The second-order valence-electron chi connectivity index (χ2n) is 5.44. The standard InChI is InChI=1S/C19H12N4O/c20-23-22-16-11-5-10-15-18(16)21-17-13(12-6-2-1-3-7-12)8-4-9-14(17)19(15)24/h1-11H,(H,21,24). The van der Waals surface area contributed by atoms with Crippen molar-refractivity contribution in [3.8, 4) is 11.1 Å². The summed E-state index contributed by atoms with van der Waals surface area (Å²) in [5, 5.41) is 4.82. The predicted octanol–water partition coefficient (Wildman–Crippen LogP) is 5.29. The smallest absolute Gasteiger partial charge is 0.197 e. The van der Waals surface area contributed by atoms with Crippen LogP contribution in [0.3, 0.4) is 0 Å². The summed E-state index contributed by atoms with van der Waals surface area (Å²) in [5.74, 6) is 0. The van der Waals surface area contributed by atoms with E-state index < -0.39 is 0 Å². The maximum Gasteiger partial charge on any atom is 0.197 e. The van der Waals surface area contributed by atoms with Gasteiger partial charge in [0, 0.05) is 21.2 Å². The summed E-state index contributed by atoms with van der Waals surface area (Å²) in [7, 11) is 0. The number of aromatic amines is 1. The van der Waals surface area contributed by atoms with Gasteiger partial charge in [-0.05, 0) is 23.2 Å². The zero-order chi connectivity index (χ0) is 16.5. The van der Waals surface area contributed by atoms with Crippen LogP contribution in [0.5, 0.6) is 0 Å². The Labute approximate surface area is 136 Å². The number of rotatable bonds is 2. The zero-order valence-corrected chi connectivity index (χ0v) is 12.6. The number of azide groups is 1. The molecule has 4 aromatic rings. The van der Waals surface area contributed by atoms with E-state index in [2.05, 4.69) is 15.0 Å². The molecule has 0 saturated carbocycles. The molecule has 0 unspecified atom stereocenters. The van der Waals surface area contributed by atoms with E-state index in [-0.39, 0.29) is 5.43 Å². The van der Waals surface area contributed by atoms with Crippen molar-refractivity contribution in [2.24, 2.45) is 5.11 Å². The minimum Gasteiger partial charge on any atom is -0.353 e. The number of aromatic nitrogens is 1. The SMILES string of the molecule is [N-]=[N+]=Nc1cccc2c(=O)c3cccc(-c4ccccc4)c3[nH]c12. The molecule has 0 aliphatic rings. The van der Waals surface area contributed by atoms with Gasteiger partial charge in [-0.1, -0.05) is 59.7 Å². The molecule has 0 bridgehead atoms. The fourth-order valence-corrected chi connectivity index (χ4v) is 3.00. The molecule has 1 aromatic heterocycles. The van der Waals surface area contributed by atoms with Gasteiger partial charge in [-0.15, -0.1) is 0 Å². The lowest BCUT2D eigenvalue weighted by molar-refractivity contribution is 1.42.